The van der Waals surface area contributed by atoms with Crippen LogP contribution >= 0.6 is 0 Å². The molecule has 26 nitrogen and oxygen atoms in total. The molecule has 0 atom stereocenters. The summed E-state index contributed by atoms with van der Waals surface area (Å²) in [6.45, 7) is 1.32. The Morgan fingerprint density at radius 1 is 0.606 bits per heavy atom. The summed E-state index contributed by atoms with van der Waals surface area (Å²) in [6.07, 6.45) is 0. The van der Waals surface area contributed by atoms with Crippen LogP contribution in [0.15, 0.2) is 117 Å². The minimum atomic E-state index is -5.26. The summed E-state index contributed by atoms with van der Waals surface area (Å²) in [7, 11) is -11.2. The van der Waals surface area contributed by atoms with Gasteiger partial charge in [-0.05, 0) is 66.4 Å². The third-order valence-corrected chi connectivity index (χ3v) is 11.9. The van der Waals surface area contributed by atoms with Crippen molar-refractivity contribution in [3.63, 3.8) is 0 Å². The van der Waals surface area contributed by atoms with Crippen molar-refractivity contribution >= 4 is 87.2 Å². The quantitative estimate of drug-likeness (QED) is 0.0413. The van der Waals surface area contributed by atoms with Crippen molar-refractivity contribution in [1.29, 1.82) is 0 Å². The molecule has 0 bridgehead atoms. The second-order valence-electron chi connectivity index (χ2n) is 13.3. The largest absolute Gasteiger partial charge is 0.505 e. The number of methoxy groups -OCH3 is 3. The van der Waals surface area contributed by atoms with E-state index in [1.54, 1.807) is 0 Å². The van der Waals surface area contributed by atoms with E-state index in [-0.39, 0.29) is 56.3 Å². The van der Waals surface area contributed by atoms with Gasteiger partial charge in [-0.1, -0.05) is 0 Å². The molecule has 0 aliphatic carbocycles. The molecule has 0 saturated carbocycles. The standard InChI is InChI=1S/C37H30N8O18S3/c1-16-9-23(25(61-2)14-28(16)64(52,53)54)41-43-32-33(37(50)51)44-45(35(32)47)19-6-7-20-17(10-19)11-30(66(58,59)60)31(34(20)46)42-39-22-8-5-18(12-21(22)36(48)49)38-40-24-13-27(63-4)29(65(55,56)57)15-26(24)62-3/h5-15,44,46H,1-4H3,(H,48,49)(H,50,51)(H,52,53,54)(H,55,56,57)(H,58,59,60). The Balaban J connectivity index is 1.38. The smallest absolute Gasteiger partial charge is 0.356 e. The van der Waals surface area contributed by atoms with Crippen LogP contribution in [0.1, 0.15) is 26.4 Å². The second-order valence-corrected chi connectivity index (χ2v) is 17.4. The van der Waals surface area contributed by atoms with E-state index in [4.69, 9.17) is 14.2 Å². The minimum absolute atomic E-state index is 0.00218. The van der Waals surface area contributed by atoms with Crippen molar-refractivity contribution in [2.45, 2.75) is 21.6 Å². The molecule has 1 heterocycles. The lowest BCUT2D eigenvalue weighted by atomic mass is 10.1. The number of hydrogen-bond acceptors (Lipinski definition) is 19. The number of benzene rings is 5. The zero-order valence-electron chi connectivity index (χ0n) is 33.8. The number of phenols is 1. The molecule has 7 N–H and O–H groups in total. The average Bonchev–Trinajstić information content (AvgIpc) is 3.58. The lowest BCUT2D eigenvalue weighted by Gasteiger charge is -2.11. The zero-order valence-corrected chi connectivity index (χ0v) is 36.2. The van der Waals surface area contributed by atoms with Crippen molar-refractivity contribution < 1.29 is 78.0 Å². The topological polar surface area (TPSA) is 398 Å². The molecular formula is C37H30N8O18S3. The number of aromatic amines is 1. The fourth-order valence-corrected chi connectivity index (χ4v) is 8.13. The highest BCUT2D eigenvalue weighted by atomic mass is 32.2. The van der Waals surface area contributed by atoms with Gasteiger partial charge >= 0.3 is 11.9 Å². The Hall–Kier alpha value is -7.96. The SMILES string of the molecule is COc1cc(S(=O)(=O)O)c(OC)cc1N=Nc1ccc(N=Nc2c(S(=O)(=O)O)cc3cc(-n4[nH]c(C(=O)O)c(N=Nc5cc(C)c(S(=O)(=O)O)cc5OC)c4=O)ccc3c2O)c(C(=O)O)c1. The number of aryl methyl sites for hydroxylation is 1. The minimum Gasteiger partial charge on any atom is -0.505 e. The summed E-state index contributed by atoms with van der Waals surface area (Å²) in [5.41, 5.74) is -5.01. The van der Waals surface area contributed by atoms with Gasteiger partial charge in [-0.3, -0.25) is 23.6 Å². The molecule has 0 spiro atoms. The number of nitrogens with zero attached hydrogens (tertiary/aromatic N) is 7. The van der Waals surface area contributed by atoms with E-state index in [0.29, 0.717) is 4.68 Å². The van der Waals surface area contributed by atoms with E-state index in [0.717, 1.165) is 68.8 Å². The highest BCUT2D eigenvalue weighted by molar-refractivity contribution is 7.86. The molecule has 0 fully saturated rings. The first-order valence-electron chi connectivity index (χ1n) is 17.8. The Morgan fingerprint density at radius 3 is 1.74 bits per heavy atom. The monoisotopic (exact) mass is 970 g/mol. The molecule has 6 aromatic rings. The van der Waals surface area contributed by atoms with Crippen LogP contribution in [0.2, 0.25) is 0 Å². The number of phenolic OH excluding ortho intramolecular Hbond substituents is 1. The number of carboxylic acids is 2. The molecule has 344 valence electrons. The summed E-state index contributed by atoms with van der Waals surface area (Å²) in [5.74, 6) is -4.86. The Morgan fingerprint density at radius 2 is 1.17 bits per heavy atom. The van der Waals surface area contributed by atoms with E-state index in [1.165, 1.54) is 26.2 Å². The third-order valence-electron chi connectivity index (χ3n) is 9.15. The average molecular weight is 971 g/mol. The molecule has 29 heteroatoms. The first kappa shape index (κ1) is 47.5. The van der Waals surface area contributed by atoms with Gasteiger partial charge in [0, 0.05) is 23.6 Å². The highest BCUT2D eigenvalue weighted by Crippen LogP contribution is 2.43. The molecule has 0 amide bonds. The molecule has 6 rings (SSSR count). The number of nitrogens with one attached hydrogen (secondary N) is 1. The van der Waals surface area contributed by atoms with Crippen LogP contribution in [-0.2, 0) is 30.4 Å². The van der Waals surface area contributed by atoms with Crippen LogP contribution in [0.25, 0.3) is 16.5 Å². The van der Waals surface area contributed by atoms with Crippen molar-refractivity contribution in [2.24, 2.45) is 30.7 Å². The number of aromatic hydroxyl groups is 1. The van der Waals surface area contributed by atoms with Crippen LogP contribution < -0.4 is 19.8 Å². The van der Waals surface area contributed by atoms with Gasteiger partial charge in [0.25, 0.3) is 35.9 Å². The number of carbonyl (C=O) groups is 2. The van der Waals surface area contributed by atoms with Gasteiger partial charge in [0.15, 0.2) is 17.1 Å². The number of hydrogen-bond donors (Lipinski definition) is 7. The van der Waals surface area contributed by atoms with E-state index in [2.05, 4.69) is 35.8 Å². The van der Waals surface area contributed by atoms with Gasteiger partial charge in [-0.2, -0.15) is 30.4 Å². The molecule has 66 heavy (non-hydrogen) atoms. The maximum absolute atomic E-state index is 13.6. The summed E-state index contributed by atoms with van der Waals surface area (Å²) in [6, 6.07) is 11.6. The zero-order chi connectivity index (χ0) is 48.6. The highest BCUT2D eigenvalue weighted by Gasteiger charge is 2.26. The number of ether oxygens (including phenoxy) is 3. The number of rotatable bonds is 15. The Labute approximate surface area is 370 Å². The fourth-order valence-electron chi connectivity index (χ4n) is 6.09. The molecule has 0 aliphatic rings. The number of fused-ring (bicyclic) bond motifs is 1. The fraction of sp³-hybridized carbons (Fsp3) is 0.108. The summed E-state index contributed by atoms with van der Waals surface area (Å²) in [4.78, 5) is 35.9. The van der Waals surface area contributed by atoms with Gasteiger partial charge < -0.3 is 29.5 Å². The van der Waals surface area contributed by atoms with E-state index in [1.807, 2.05) is 0 Å². The van der Waals surface area contributed by atoms with Crippen molar-refractivity contribution in [2.75, 3.05) is 21.3 Å². The lowest BCUT2D eigenvalue weighted by Crippen LogP contribution is -2.14. The normalized spacial score (nSPS) is 12.4. The third kappa shape index (κ3) is 9.59. The van der Waals surface area contributed by atoms with Crippen molar-refractivity contribution in [3.05, 3.63) is 93.9 Å². The molecule has 1 aromatic heterocycles. The summed E-state index contributed by atoms with van der Waals surface area (Å²) < 4.78 is 117. The van der Waals surface area contributed by atoms with E-state index in [9.17, 15) is 68.6 Å². The summed E-state index contributed by atoms with van der Waals surface area (Å²) in [5, 5.41) is 56.2. The second kappa shape index (κ2) is 17.9. The number of aromatic carboxylic acids is 2. The predicted molar refractivity (Wildman–Crippen MR) is 225 cm³/mol. The van der Waals surface area contributed by atoms with Crippen molar-refractivity contribution in [1.82, 2.24) is 9.78 Å². The van der Waals surface area contributed by atoms with Crippen LogP contribution in [0.5, 0.6) is 23.0 Å². The molecule has 0 saturated heterocycles. The maximum atomic E-state index is 13.6. The molecular weight excluding hydrogens is 941 g/mol. The van der Waals surface area contributed by atoms with Gasteiger partial charge in [-0.25, -0.2) is 14.3 Å². The number of aromatic nitrogens is 2. The van der Waals surface area contributed by atoms with Crippen LogP contribution in [0.4, 0.5) is 34.1 Å². The predicted octanol–water partition coefficient (Wildman–Crippen LogP) is 6.74. The first-order valence-corrected chi connectivity index (χ1v) is 22.1. The number of carboxylic acid groups (broad SMARTS) is 2. The van der Waals surface area contributed by atoms with Gasteiger partial charge in [0.2, 0.25) is 0 Å². The summed E-state index contributed by atoms with van der Waals surface area (Å²) >= 11 is 0. The molecule has 0 radical (unpaired) electrons. The van der Waals surface area contributed by atoms with Crippen LogP contribution in [0.3, 0.4) is 0 Å². The van der Waals surface area contributed by atoms with Crippen LogP contribution in [0, 0.1) is 6.92 Å². The molecule has 0 unspecified atom stereocenters. The molecule has 0 aliphatic heterocycles. The Bertz CT molecular complexity index is 3530. The van der Waals surface area contributed by atoms with Gasteiger partial charge in [0.1, 0.15) is 54.7 Å². The molecule has 5 aromatic carbocycles. The maximum Gasteiger partial charge on any atom is 0.356 e. The van der Waals surface area contributed by atoms with E-state index < -0.39 is 96.6 Å². The Kier molecular flexibility index (Phi) is 12.9. The number of H-pyrrole nitrogens is 1. The van der Waals surface area contributed by atoms with Crippen LogP contribution in [-0.4, -0.2) is 97.3 Å². The number of azo groups is 3. The lowest BCUT2D eigenvalue weighted by molar-refractivity contribution is 0.0683. The van der Waals surface area contributed by atoms with Crippen molar-refractivity contribution in [3.8, 4) is 28.7 Å². The van der Waals surface area contributed by atoms with Gasteiger partial charge in [0.05, 0.1) is 38.3 Å². The van der Waals surface area contributed by atoms with Gasteiger partial charge in [-0.15, -0.1) is 25.6 Å². The first-order chi connectivity index (χ1) is 30.9. The van der Waals surface area contributed by atoms with E-state index >= 15 is 0 Å².